The van der Waals surface area contributed by atoms with E-state index in [1.165, 1.54) is 25.3 Å². The van der Waals surface area contributed by atoms with E-state index in [0.717, 1.165) is 24.3 Å². The zero-order valence-corrected chi connectivity index (χ0v) is 12.1. The molecule has 1 aromatic carbocycles. The topological polar surface area (TPSA) is 38.0 Å². The molecule has 2 nitrogen and oxygen atoms in total. The number of halogens is 2. The summed E-state index contributed by atoms with van der Waals surface area (Å²) >= 11 is 6.07. The predicted octanol–water partition coefficient (Wildman–Crippen LogP) is 4.20. The Hall–Kier alpha value is -0.640. The van der Waals surface area contributed by atoms with Crippen molar-refractivity contribution in [1.29, 1.82) is 0 Å². The van der Waals surface area contributed by atoms with Crippen LogP contribution in [-0.2, 0) is 0 Å². The molecular weight excluding hydrogens is 263 g/mol. The van der Waals surface area contributed by atoms with Crippen molar-refractivity contribution in [2.45, 2.75) is 45.1 Å². The Morgan fingerprint density at radius 3 is 2.63 bits per heavy atom. The van der Waals surface area contributed by atoms with Gasteiger partial charge in [0.25, 0.3) is 0 Å². The van der Waals surface area contributed by atoms with Crippen molar-refractivity contribution in [1.82, 2.24) is 5.43 Å². The SMILES string of the molecule is CCC1CCC(C(NN)c2cccc(F)c2Cl)CC1. The lowest BCUT2D eigenvalue weighted by atomic mass is 9.76. The van der Waals surface area contributed by atoms with E-state index in [-0.39, 0.29) is 16.9 Å². The maximum absolute atomic E-state index is 13.6. The molecule has 0 aliphatic heterocycles. The molecule has 0 aromatic heterocycles. The maximum Gasteiger partial charge on any atom is 0.142 e. The summed E-state index contributed by atoms with van der Waals surface area (Å²) < 4.78 is 13.6. The van der Waals surface area contributed by atoms with Gasteiger partial charge in [-0.2, -0.15) is 0 Å². The summed E-state index contributed by atoms with van der Waals surface area (Å²) in [5.74, 6) is 6.59. The molecule has 4 heteroatoms. The van der Waals surface area contributed by atoms with Crippen LogP contribution in [0.15, 0.2) is 18.2 Å². The number of nitrogens with one attached hydrogen (secondary N) is 1. The lowest BCUT2D eigenvalue weighted by molar-refractivity contribution is 0.219. The van der Waals surface area contributed by atoms with E-state index < -0.39 is 0 Å². The molecule has 0 heterocycles. The minimum absolute atomic E-state index is 0.0546. The van der Waals surface area contributed by atoms with E-state index >= 15 is 0 Å². The summed E-state index contributed by atoms with van der Waals surface area (Å²) in [6.45, 7) is 2.24. The van der Waals surface area contributed by atoms with E-state index in [1.54, 1.807) is 6.07 Å². The summed E-state index contributed by atoms with van der Waals surface area (Å²) in [4.78, 5) is 0. The average Bonchev–Trinajstić information content (AvgIpc) is 2.45. The van der Waals surface area contributed by atoms with Gasteiger partial charge >= 0.3 is 0 Å². The maximum atomic E-state index is 13.6. The Labute approximate surface area is 119 Å². The zero-order valence-electron chi connectivity index (χ0n) is 11.3. The molecule has 1 aromatic rings. The molecule has 1 aliphatic carbocycles. The van der Waals surface area contributed by atoms with E-state index in [1.807, 2.05) is 6.07 Å². The molecule has 19 heavy (non-hydrogen) atoms. The van der Waals surface area contributed by atoms with Gasteiger partial charge in [0.15, 0.2) is 0 Å². The third kappa shape index (κ3) is 3.28. The summed E-state index contributed by atoms with van der Waals surface area (Å²) in [7, 11) is 0. The highest BCUT2D eigenvalue weighted by molar-refractivity contribution is 6.31. The highest BCUT2D eigenvalue weighted by atomic mass is 35.5. The molecule has 1 atom stereocenters. The van der Waals surface area contributed by atoms with Crippen molar-refractivity contribution in [3.05, 3.63) is 34.6 Å². The molecule has 0 radical (unpaired) electrons. The monoisotopic (exact) mass is 284 g/mol. The van der Waals surface area contributed by atoms with Gasteiger partial charge in [0.1, 0.15) is 5.82 Å². The summed E-state index contributed by atoms with van der Waals surface area (Å²) in [6.07, 6.45) is 5.95. The molecule has 2 rings (SSSR count). The Kier molecular flexibility index (Phi) is 5.20. The quantitative estimate of drug-likeness (QED) is 0.642. The molecule has 0 spiro atoms. The predicted molar refractivity (Wildman–Crippen MR) is 77.2 cm³/mol. The second-order valence-corrected chi connectivity index (χ2v) is 5.85. The fourth-order valence-corrected chi connectivity index (χ4v) is 3.41. The largest absolute Gasteiger partial charge is 0.271 e. The number of hydrogen-bond donors (Lipinski definition) is 2. The molecular formula is C15H22ClFN2. The van der Waals surface area contributed by atoms with Crippen molar-refractivity contribution in [3.63, 3.8) is 0 Å². The van der Waals surface area contributed by atoms with Crippen LogP contribution in [-0.4, -0.2) is 0 Å². The highest BCUT2D eigenvalue weighted by Gasteiger charge is 2.29. The van der Waals surface area contributed by atoms with Gasteiger partial charge in [0.2, 0.25) is 0 Å². The average molecular weight is 285 g/mol. The lowest BCUT2D eigenvalue weighted by Crippen LogP contribution is -2.35. The van der Waals surface area contributed by atoms with Gasteiger partial charge in [0, 0.05) is 0 Å². The first-order chi connectivity index (χ1) is 9.17. The van der Waals surface area contributed by atoms with Crippen LogP contribution >= 0.6 is 11.6 Å². The second kappa shape index (κ2) is 6.69. The number of nitrogens with two attached hydrogens (primary N) is 1. The van der Waals surface area contributed by atoms with Crippen LogP contribution in [0.25, 0.3) is 0 Å². The zero-order chi connectivity index (χ0) is 13.8. The Morgan fingerprint density at radius 1 is 1.37 bits per heavy atom. The molecule has 1 fully saturated rings. The number of hydrogen-bond acceptors (Lipinski definition) is 2. The molecule has 0 amide bonds. The van der Waals surface area contributed by atoms with Gasteiger partial charge in [-0.3, -0.25) is 11.3 Å². The fraction of sp³-hybridized carbons (Fsp3) is 0.600. The second-order valence-electron chi connectivity index (χ2n) is 5.48. The first-order valence-corrected chi connectivity index (χ1v) is 7.45. The minimum Gasteiger partial charge on any atom is -0.271 e. The molecule has 106 valence electrons. The lowest BCUT2D eigenvalue weighted by Gasteiger charge is -2.33. The van der Waals surface area contributed by atoms with E-state index in [0.29, 0.717) is 5.92 Å². The first kappa shape index (κ1) is 14.8. The molecule has 0 saturated heterocycles. The van der Waals surface area contributed by atoms with Gasteiger partial charge in [-0.25, -0.2) is 4.39 Å². The van der Waals surface area contributed by atoms with Gasteiger partial charge < -0.3 is 0 Å². The smallest absolute Gasteiger partial charge is 0.142 e. The highest BCUT2D eigenvalue weighted by Crippen LogP contribution is 2.39. The summed E-state index contributed by atoms with van der Waals surface area (Å²) in [5.41, 5.74) is 3.62. The Morgan fingerprint density at radius 2 is 2.05 bits per heavy atom. The molecule has 0 bridgehead atoms. The Balaban J connectivity index is 2.14. The third-order valence-electron chi connectivity index (χ3n) is 4.44. The van der Waals surface area contributed by atoms with Crippen molar-refractivity contribution in [2.75, 3.05) is 0 Å². The number of rotatable bonds is 4. The standard InChI is InChI=1S/C15H22ClFN2/c1-2-10-6-8-11(9-7-10)15(19-18)12-4-3-5-13(17)14(12)16/h3-5,10-11,15,19H,2,6-9,18H2,1H3. The van der Waals surface area contributed by atoms with Crippen LogP contribution < -0.4 is 11.3 Å². The fourth-order valence-electron chi connectivity index (χ4n) is 3.17. The van der Waals surface area contributed by atoms with E-state index in [4.69, 9.17) is 17.4 Å². The van der Waals surface area contributed by atoms with Gasteiger partial charge in [-0.05, 0) is 36.3 Å². The number of benzene rings is 1. The van der Waals surface area contributed by atoms with Crippen LogP contribution in [0, 0.1) is 17.7 Å². The minimum atomic E-state index is -0.373. The van der Waals surface area contributed by atoms with Crippen LogP contribution in [0.4, 0.5) is 4.39 Å². The van der Waals surface area contributed by atoms with Crippen molar-refractivity contribution < 1.29 is 4.39 Å². The van der Waals surface area contributed by atoms with Crippen molar-refractivity contribution in [2.24, 2.45) is 17.7 Å². The Bertz CT molecular complexity index is 417. The third-order valence-corrected chi connectivity index (χ3v) is 4.84. The van der Waals surface area contributed by atoms with E-state index in [9.17, 15) is 4.39 Å². The van der Waals surface area contributed by atoms with E-state index in [2.05, 4.69) is 12.3 Å². The van der Waals surface area contributed by atoms with Gasteiger partial charge in [-0.15, -0.1) is 0 Å². The molecule has 1 unspecified atom stereocenters. The van der Waals surface area contributed by atoms with Gasteiger partial charge in [-0.1, -0.05) is 49.9 Å². The normalized spacial score (nSPS) is 25.3. The van der Waals surface area contributed by atoms with Gasteiger partial charge in [0.05, 0.1) is 11.1 Å². The molecule has 1 aliphatic rings. The summed E-state index contributed by atoms with van der Waals surface area (Å²) in [5, 5.41) is 0.197. The van der Waals surface area contributed by atoms with Crippen LogP contribution in [0.2, 0.25) is 5.02 Å². The van der Waals surface area contributed by atoms with Crippen molar-refractivity contribution >= 4 is 11.6 Å². The van der Waals surface area contributed by atoms with Crippen molar-refractivity contribution in [3.8, 4) is 0 Å². The van der Waals surface area contributed by atoms with Crippen LogP contribution in [0.5, 0.6) is 0 Å². The van der Waals surface area contributed by atoms with Crippen LogP contribution in [0.1, 0.15) is 50.6 Å². The number of hydrazine groups is 1. The first-order valence-electron chi connectivity index (χ1n) is 7.07. The molecule has 3 N–H and O–H groups in total. The van der Waals surface area contributed by atoms with Crippen LogP contribution in [0.3, 0.4) is 0 Å². The summed E-state index contributed by atoms with van der Waals surface area (Å²) in [6, 6.07) is 4.88. The molecule has 1 saturated carbocycles.